The van der Waals surface area contributed by atoms with E-state index in [1.54, 1.807) is 0 Å². The van der Waals surface area contributed by atoms with Crippen molar-refractivity contribution in [1.82, 2.24) is 0 Å². The monoisotopic (exact) mass is 240 g/mol. The van der Waals surface area contributed by atoms with Crippen LogP contribution in [0.25, 0.3) is 0 Å². The van der Waals surface area contributed by atoms with Gasteiger partial charge in [0.25, 0.3) is 0 Å². The van der Waals surface area contributed by atoms with Gasteiger partial charge < -0.3 is 9.11 Å². The first-order chi connectivity index (χ1) is 3.71. The van der Waals surface area contributed by atoms with Gasteiger partial charge in [0.2, 0.25) is 20.8 Å². The fourth-order valence-electron chi connectivity index (χ4n) is 0.102. The van der Waals surface area contributed by atoms with E-state index in [1.807, 2.05) is 0 Å². The van der Waals surface area contributed by atoms with Crippen molar-refractivity contribution in [1.29, 1.82) is 0 Å². The van der Waals surface area contributed by atoms with Gasteiger partial charge in [0.1, 0.15) is 0 Å². The molecular formula is O7S2Zn. The Morgan fingerprint density at radius 2 is 1.10 bits per heavy atom. The Balaban J connectivity index is 0. The molecule has 0 aromatic rings. The predicted octanol–water partition coefficient (Wildman–Crippen LogP) is -2.08. The Kier molecular flexibility index (Phi) is 4.82. The third kappa shape index (κ3) is 11.2. The van der Waals surface area contributed by atoms with Crippen LogP contribution in [0.15, 0.2) is 0 Å². The van der Waals surface area contributed by atoms with Crippen LogP contribution in [-0.4, -0.2) is 25.9 Å². The van der Waals surface area contributed by atoms with E-state index in [-0.39, 0.29) is 19.5 Å². The van der Waals surface area contributed by atoms with Crippen molar-refractivity contribution in [2.75, 3.05) is 0 Å². The van der Waals surface area contributed by atoms with Crippen molar-refractivity contribution in [2.45, 2.75) is 0 Å². The van der Waals surface area contributed by atoms with Gasteiger partial charge in [0.15, 0.2) is 0 Å². The Hall–Kier alpha value is 0.403. The molecule has 0 fully saturated rings. The average molecular weight is 242 g/mol. The van der Waals surface area contributed by atoms with Crippen molar-refractivity contribution < 1.29 is 49.0 Å². The van der Waals surface area contributed by atoms with Crippen LogP contribution in [0.4, 0.5) is 0 Å². The molecular weight excluding hydrogens is 242 g/mol. The predicted molar refractivity (Wildman–Crippen MR) is 20.5 cm³/mol. The Morgan fingerprint density at radius 3 is 1.10 bits per heavy atom. The Bertz CT molecular complexity index is 237. The number of rotatable bonds is 2. The zero-order chi connectivity index (χ0) is 7.71. The van der Waals surface area contributed by atoms with Gasteiger partial charge >= 0.3 is 19.5 Å². The molecule has 0 N–H and O–H groups in total. The quantitative estimate of drug-likeness (QED) is 0.309. The van der Waals surface area contributed by atoms with Crippen LogP contribution >= 0.6 is 0 Å². The van der Waals surface area contributed by atoms with Gasteiger partial charge in [0, 0.05) is 0 Å². The summed E-state index contributed by atoms with van der Waals surface area (Å²) in [6.07, 6.45) is 0. The minimum atomic E-state index is -5.43. The summed E-state index contributed by atoms with van der Waals surface area (Å²) in [5.41, 5.74) is 0. The standard InChI is InChI=1S/H2O7S2.Zn/c1-8(2,3)7-9(4,5)6;/h(H,1,2,3)(H,4,5,6);/q;+2/p-2. The first kappa shape index (κ1) is 13.0. The summed E-state index contributed by atoms with van der Waals surface area (Å²) in [6.45, 7) is 0. The molecule has 10 heavy (non-hydrogen) atoms. The molecule has 0 heterocycles. The molecule has 0 bridgehead atoms. The smallest absolute Gasteiger partial charge is 0.725 e. The topological polar surface area (TPSA) is 124 Å². The van der Waals surface area contributed by atoms with Gasteiger partial charge in [0.05, 0.1) is 0 Å². The van der Waals surface area contributed by atoms with E-state index in [4.69, 9.17) is 0 Å². The number of hydrogen-bond acceptors (Lipinski definition) is 7. The fraction of sp³-hybridized carbons (Fsp3) is 0. The molecule has 7 nitrogen and oxygen atoms in total. The molecule has 0 radical (unpaired) electrons. The third-order valence-corrected chi connectivity index (χ3v) is 1.50. The molecule has 0 atom stereocenters. The van der Waals surface area contributed by atoms with Gasteiger partial charge in [-0.15, -0.1) is 0 Å². The van der Waals surface area contributed by atoms with E-state index in [0.29, 0.717) is 0 Å². The van der Waals surface area contributed by atoms with Crippen molar-refractivity contribution in [2.24, 2.45) is 0 Å². The Morgan fingerprint density at radius 1 is 0.900 bits per heavy atom. The van der Waals surface area contributed by atoms with Crippen molar-refractivity contribution in [3.63, 3.8) is 0 Å². The second-order valence-corrected chi connectivity index (χ2v) is 3.06. The first-order valence-corrected chi connectivity index (χ1v) is 4.00. The van der Waals surface area contributed by atoms with Crippen LogP contribution < -0.4 is 0 Å². The van der Waals surface area contributed by atoms with E-state index in [2.05, 4.69) is 3.63 Å². The van der Waals surface area contributed by atoms with E-state index >= 15 is 0 Å². The summed E-state index contributed by atoms with van der Waals surface area (Å²) in [4.78, 5) is 0. The molecule has 0 aliphatic rings. The van der Waals surface area contributed by atoms with Gasteiger partial charge in [-0.1, -0.05) is 0 Å². The first-order valence-electron chi connectivity index (χ1n) is 1.33. The molecule has 56 valence electrons. The molecule has 0 saturated carbocycles. The van der Waals surface area contributed by atoms with E-state index < -0.39 is 20.8 Å². The molecule has 0 rings (SSSR count). The zero-order valence-electron chi connectivity index (χ0n) is 4.38. The summed E-state index contributed by atoms with van der Waals surface area (Å²) in [5.74, 6) is 0. The van der Waals surface area contributed by atoms with E-state index in [1.165, 1.54) is 0 Å². The van der Waals surface area contributed by atoms with Gasteiger partial charge in [-0.25, -0.2) is 16.8 Å². The zero-order valence-corrected chi connectivity index (χ0v) is 8.98. The van der Waals surface area contributed by atoms with Crippen molar-refractivity contribution in [3.05, 3.63) is 0 Å². The maximum absolute atomic E-state index is 9.29. The van der Waals surface area contributed by atoms with Crippen LogP contribution in [0.1, 0.15) is 0 Å². The molecule has 0 aromatic carbocycles. The second kappa shape index (κ2) is 3.70. The molecule has 0 amide bonds. The Labute approximate surface area is 70.0 Å². The number of hydrogen-bond donors (Lipinski definition) is 0. The summed E-state index contributed by atoms with van der Waals surface area (Å²) in [7, 11) is -10.9. The van der Waals surface area contributed by atoms with Gasteiger partial charge in [-0.3, -0.25) is 0 Å². The summed E-state index contributed by atoms with van der Waals surface area (Å²) in [5, 5.41) is 0. The minimum absolute atomic E-state index is 0. The van der Waals surface area contributed by atoms with Crippen LogP contribution in [0, 0.1) is 0 Å². The second-order valence-electron chi connectivity index (χ2n) is 0.885. The SMILES string of the molecule is O=S(=O)([O-])OS(=O)(=O)[O-].[Zn+2]. The molecule has 0 aliphatic heterocycles. The molecule has 0 saturated heterocycles. The summed E-state index contributed by atoms with van der Waals surface area (Å²) >= 11 is 0. The maximum Gasteiger partial charge on any atom is 2.00 e. The van der Waals surface area contributed by atoms with Gasteiger partial charge in [-0.2, -0.15) is 3.63 Å². The van der Waals surface area contributed by atoms with Crippen molar-refractivity contribution >= 4 is 20.8 Å². The van der Waals surface area contributed by atoms with Gasteiger partial charge in [-0.05, 0) is 0 Å². The maximum atomic E-state index is 9.29. The molecule has 0 aromatic heterocycles. The summed E-state index contributed by atoms with van der Waals surface area (Å²) in [6, 6.07) is 0. The van der Waals surface area contributed by atoms with E-state index in [9.17, 15) is 25.9 Å². The van der Waals surface area contributed by atoms with Crippen molar-refractivity contribution in [3.8, 4) is 0 Å². The third-order valence-electron chi connectivity index (χ3n) is 0.167. The summed E-state index contributed by atoms with van der Waals surface area (Å²) < 4.78 is 58.2. The molecule has 0 unspecified atom stereocenters. The van der Waals surface area contributed by atoms with Crippen LogP contribution in [0.5, 0.6) is 0 Å². The molecule has 10 heteroatoms. The average Bonchev–Trinajstić information content (AvgIpc) is 1.14. The fourth-order valence-corrected chi connectivity index (χ4v) is 0.919. The minimum Gasteiger partial charge on any atom is -0.725 e. The van der Waals surface area contributed by atoms with Crippen LogP contribution in [0.3, 0.4) is 0 Å². The van der Waals surface area contributed by atoms with Crippen LogP contribution in [0.2, 0.25) is 0 Å². The van der Waals surface area contributed by atoms with Crippen LogP contribution in [-0.2, 0) is 43.9 Å². The largest absolute Gasteiger partial charge is 2.00 e. The molecule has 0 aliphatic carbocycles. The molecule has 0 spiro atoms. The van der Waals surface area contributed by atoms with E-state index in [0.717, 1.165) is 0 Å². The normalized spacial score (nSPS) is 12.2.